The van der Waals surface area contributed by atoms with Gasteiger partial charge in [-0.05, 0) is 18.4 Å². The van der Waals surface area contributed by atoms with E-state index in [0.29, 0.717) is 5.39 Å². The molecule has 4 heteroatoms. The van der Waals surface area contributed by atoms with Gasteiger partial charge in [0, 0.05) is 5.39 Å². The van der Waals surface area contributed by atoms with E-state index in [1.54, 1.807) is 24.3 Å². The molecule has 0 bridgehead atoms. The number of hydrogen-bond donors (Lipinski definition) is 1. The van der Waals surface area contributed by atoms with Crippen LogP contribution >= 0.6 is 0 Å². The number of esters is 1. The Bertz CT molecular complexity index is 643. The largest absolute Gasteiger partial charge is 0.506 e. The summed E-state index contributed by atoms with van der Waals surface area (Å²) in [5.41, 5.74) is 0.0656. The molecule has 0 amide bonds. The van der Waals surface area contributed by atoms with Gasteiger partial charge in [-0.1, -0.05) is 30.3 Å². The van der Waals surface area contributed by atoms with Crippen molar-refractivity contribution >= 4 is 16.7 Å². The number of benzene rings is 2. The quantitative estimate of drug-likeness (QED) is 0.820. The van der Waals surface area contributed by atoms with Crippen LogP contribution in [0.4, 0.5) is 0 Å². The summed E-state index contributed by atoms with van der Waals surface area (Å²) in [6.45, 7) is 1.47. The normalized spacial score (nSPS) is 11.8. The van der Waals surface area contributed by atoms with E-state index in [2.05, 4.69) is 0 Å². The minimum Gasteiger partial charge on any atom is -0.506 e. The van der Waals surface area contributed by atoms with E-state index < -0.39 is 12.1 Å². The molecular formula is C14H11NO3. The van der Waals surface area contributed by atoms with E-state index in [1.807, 2.05) is 12.1 Å². The first kappa shape index (κ1) is 11.9. The van der Waals surface area contributed by atoms with Crippen LogP contribution in [0.15, 0.2) is 36.4 Å². The zero-order valence-electron chi connectivity index (χ0n) is 9.75. The number of phenolic OH excluding ortho intramolecular Hbond substituents is 1. The molecular weight excluding hydrogens is 230 g/mol. The van der Waals surface area contributed by atoms with Crippen LogP contribution in [0.1, 0.15) is 17.3 Å². The topological polar surface area (TPSA) is 70.3 Å². The van der Waals surface area contributed by atoms with Gasteiger partial charge in [-0.15, -0.1) is 0 Å². The number of ether oxygens (including phenoxy) is 1. The third-order valence-electron chi connectivity index (χ3n) is 2.59. The molecule has 0 aliphatic carbocycles. The van der Waals surface area contributed by atoms with E-state index in [0.717, 1.165) is 5.39 Å². The summed E-state index contributed by atoms with van der Waals surface area (Å²) >= 11 is 0. The minimum atomic E-state index is -0.844. The SMILES string of the molecule is C[C@@H](C#N)OC(=O)c1ccc2ccccc2c1O. The summed E-state index contributed by atoms with van der Waals surface area (Å²) in [5, 5.41) is 20.0. The average molecular weight is 241 g/mol. The second kappa shape index (κ2) is 4.76. The number of carbonyl (C=O) groups excluding carboxylic acids is 1. The molecule has 0 radical (unpaired) electrons. The number of nitrogens with zero attached hydrogens (tertiary/aromatic N) is 1. The molecule has 1 N–H and O–H groups in total. The summed E-state index contributed by atoms with van der Waals surface area (Å²) < 4.78 is 4.86. The first-order valence-corrected chi connectivity index (χ1v) is 5.45. The molecule has 0 aliphatic heterocycles. The van der Waals surface area contributed by atoms with Crippen molar-refractivity contribution in [1.82, 2.24) is 0 Å². The van der Waals surface area contributed by atoms with Gasteiger partial charge >= 0.3 is 5.97 Å². The lowest BCUT2D eigenvalue weighted by Crippen LogP contribution is -2.13. The van der Waals surface area contributed by atoms with E-state index in [1.165, 1.54) is 13.0 Å². The van der Waals surface area contributed by atoms with Crippen LogP contribution in [0, 0.1) is 11.3 Å². The van der Waals surface area contributed by atoms with Gasteiger partial charge in [-0.25, -0.2) is 4.79 Å². The number of fused-ring (bicyclic) bond motifs is 1. The Hall–Kier alpha value is -2.54. The van der Waals surface area contributed by atoms with Gasteiger partial charge in [0.05, 0.1) is 0 Å². The van der Waals surface area contributed by atoms with E-state index in [9.17, 15) is 9.90 Å². The van der Waals surface area contributed by atoms with Gasteiger partial charge in [0.1, 0.15) is 17.4 Å². The number of phenols is 1. The zero-order chi connectivity index (χ0) is 13.1. The van der Waals surface area contributed by atoms with Crippen LogP contribution in [-0.2, 0) is 4.74 Å². The van der Waals surface area contributed by atoms with Crippen LogP contribution in [0.2, 0.25) is 0 Å². The molecule has 1 atom stereocenters. The number of hydrogen-bond acceptors (Lipinski definition) is 4. The number of carbonyl (C=O) groups is 1. The second-order valence-corrected chi connectivity index (χ2v) is 3.86. The average Bonchev–Trinajstić information content (AvgIpc) is 2.39. The smallest absolute Gasteiger partial charge is 0.343 e. The summed E-state index contributed by atoms with van der Waals surface area (Å²) in [4.78, 5) is 11.7. The van der Waals surface area contributed by atoms with Gasteiger partial charge < -0.3 is 9.84 Å². The molecule has 2 rings (SSSR count). The van der Waals surface area contributed by atoms with Gasteiger partial charge in [-0.3, -0.25) is 0 Å². The fourth-order valence-electron chi connectivity index (χ4n) is 1.67. The van der Waals surface area contributed by atoms with Crippen molar-refractivity contribution in [2.75, 3.05) is 0 Å². The van der Waals surface area contributed by atoms with Crippen molar-refractivity contribution in [2.45, 2.75) is 13.0 Å². The maximum atomic E-state index is 11.7. The van der Waals surface area contributed by atoms with E-state index >= 15 is 0 Å². The highest BCUT2D eigenvalue weighted by Gasteiger charge is 2.17. The summed E-state index contributed by atoms with van der Waals surface area (Å²) in [6.07, 6.45) is -0.844. The highest BCUT2D eigenvalue weighted by Crippen LogP contribution is 2.29. The molecule has 0 saturated heterocycles. The fourth-order valence-corrected chi connectivity index (χ4v) is 1.67. The lowest BCUT2D eigenvalue weighted by molar-refractivity contribution is 0.0432. The van der Waals surface area contributed by atoms with Crippen molar-refractivity contribution in [2.24, 2.45) is 0 Å². The molecule has 0 saturated carbocycles. The molecule has 0 aromatic heterocycles. The number of aromatic hydroxyl groups is 1. The lowest BCUT2D eigenvalue weighted by atomic mass is 10.1. The molecule has 2 aromatic rings. The second-order valence-electron chi connectivity index (χ2n) is 3.86. The summed E-state index contributed by atoms with van der Waals surface area (Å²) in [6, 6.07) is 12.2. The Labute approximate surface area is 104 Å². The maximum Gasteiger partial charge on any atom is 0.343 e. The zero-order valence-corrected chi connectivity index (χ0v) is 9.75. The highest BCUT2D eigenvalue weighted by atomic mass is 16.5. The van der Waals surface area contributed by atoms with E-state index in [4.69, 9.17) is 10.00 Å². The van der Waals surface area contributed by atoms with Crippen molar-refractivity contribution in [1.29, 1.82) is 5.26 Å². The Morgan fingerprint density at radius 1 is 1.33 bits per heavy atom. The number of nitriles is 1. The van der Waals surface area contributed by atoms with Crippen LogP contribution in [0.25, 0.3) is 10.8 Å². The van der Waals surface area contributed by atoms with Crippen LogP contribution in [0.5, 0.6) is 5.75 Å². The monoisotopic (exact) mass is 241 g/mol. The van der Waals surface area contributed by atoms with Crippen molar-refractivity contribution in [3.05, 3.63) is 42.0 Å². The first-order valence-electron chi connectivity index (χ1n) is 5.45. The predicted octanol–water partition coefficient (Wildman–Crippen LogP) is 2.61. The third kappa shape index (κ3) is 2.11. The van der Waals surface area contributed by atoms with Crippen molar-refractivity contribution in [3.63, 3.8) is 0 Å². The van der Waals surface area contributed by atoms with Crippen molar-refractivity contribution < 1.29 is 14.6 Å². The lowest BCUT2D eigenvalue weighted by Gasteiger charge is -2.09. The fraction of sp³-hybridized carbons (Fsp3) is 0.143. The van der Waals surface area contributed by atoms with Gasteiger partial charge in [0.15, 0.2) is 6.10 Å². The molecule has 0 heterocycles. The van der Waals surface area contributed by atoms with Crippen molar-refractivity contribution in [3.8, 4) is 11.8 Å². The van der Waals surface area contributed by atoms with Gasteiger partial charge in [0.25, 0.3) is 0 Å². The van der Waals surface area contributed by atoms with Crippen LogP contribution in [0.3, 0.4) is 0 Å². The predicted molar refractivity (Wildman–Crippen MR) is 66.1 cm³/mol. The standard InChI is InChI=1S/C14H11NO3/c1-9(8-15)18-14(17)12-7-6-10-4-2-3-5-11(10)13(12)16/h2-7,9,16H,1H3/t9-/m0/s1. The molecule has 0 aliphatic rings. The Balaban J connectivity index is 2.44. The van der Waals surface area contributed by atoms with Gasteiger partial charge in [0.2, 0.25) is 0 Å². The first-order chi connectivity index (χ1) is 8.63. The molecule has 18 heavy (non-hydrogen) atoms. The molecule has 4 nitrogen and oxygen atoms in total. The Morgan fingerprint density at radius 3 is 2.78 bits per heavy atom. The molecule has 90 valence electrons. The highest BCUT2D eigenvalue weighted by molar-refractivity contribution is 6.01. The molecule has 0 unspecified atom stereocenters. The Kier molecular flexibility index (Phi) is 3.16. The molecule has 0 spiro atoms. The molecule has 2 aromatic carbocycles. The summed E-state index contributed by atoms with van der Waals surface area (Å²) in [5.74, 6) is -0.824. The van der Waals surface area contributed by atoms with Crippen LogP contribution < -0.4 is 0 Å². The maximum absolute atomic E-state index is 11.7. The van der Waals surface area contributed by atoms with Gasteiger partial charge in [-0.2, -0.15) is 5.26 Å². The minimum absolute atomic E-state index is 0.0656. The molecule has 0 fully saturated rings. The summed E-state index contributed by atoms with van der Waals surface area (Å²) in [7, 11) is 0. The number of rotatable bonds is 2. The van der Waals surface area contributed by atoms with Crippen LogP contribution in [-0.4, -0.2) is 17.2 Å². The Morgan fingerprint density at radius 2 is 2.06 bits per heavy atom. The van der Waals surface area contributed by atoms with E-state index in [-0.39, 0.29) is 11.3 Å². The third-order valence-corrected chi connectivity index (χ3v) is 2.59.